The van der Waals surface area contributed by atoms with Crippen molar-refractivity contribution in [2.24, 2.45) is 7.05 Å². The van der Waals surface area contributed by atoms with E-state index in [1.165, 1.54) is 12.8 Å². The van der Waals surface area contributed by atoms with Gasteiger partial charge in [-0.05, 0) is 75.7 Å². The fourth-order valence-electron chi connectivity index (χ4n) is 4.57. The molecule has 200 valence electrons. The third-order valence-electron chi connectivity index (χ3n) is 6.89. The highest BCUT2D eigenvalue weighted by molar-refractivity contribution is 5.96. The van der Waals surface area contributed by atoms with E-state index in [4.69, 9.17) is 4.74 Å². The Hall–Kier alpha value is -3.32. The number of aryl methyl sites for hydroxylation is 3. The van der Waals surface area contributed by atoms with Gasteiger partial charge in [0.2, 0.25) is 0 Å². The van der Waals surface area contributed by atoms with E-state index in [2.05, 4.69) is 40.5 Å². The number of hydrogen-bond donors (Lipinski definition) is 2. The van der Waals surface area contributed by atoms with Crippen LogP contribution in [0.2, 0.25) is 0 Å². The van der Waals surface area contributed by atoms with Crippen molar-refractivity contribution in [3.05, 3.63) is 65.0 Å². The number of ether oxygens (including phenoxy) is 1. The summed E-state index contributed by atoms with van der Waals surface area (Å²) in [6.45, 7) is 14.4. The average Bonchev–Trinajstić information content (AvgIpc) is 3.23. The number of amides is 1. The van der Waals surface area contributed by atoms with Gasteiger partial charge in [0, 0.05) is 48.7 Å². The maximum absolute atomic E-state index is 13.3. The fraction of sp³-hybridized carbons (Fsp3) is 0.467. The third kappa shape index (κ3) is 7.35. The summed E-state index contributed by atoms with van der Waals surface area (Å²) in [6, 6.07) is 11.9. The molecule has 2 aromatic carbocycles. The molecule has 0 saturated heterocycles. The van der Waals surface area contributed by atoms with Gasteiger partial charge in [-0.15, -0.1) is 0 Å². The number of rotatable bonds is 13. The molecule has 0 aliphatic carbocycles. The lowest BCUT2D eigenvalue weighted by molar-refractivity contribution is 0.0939. The second kappa shape index (κ2) is 13.3. The summed E-state index contributed by atoms with van der Waals surface area (Å²) in [7, 11) is 3.58. The second-order valence-electron chi connectivity index (χ2n) is 9.70. The monoisotopic (exact) mass is 505 g/mol. The van der Waals surface area contributed by atoms with E-state index < -0.39 is 0 Å². The molecule has 7 heteroatoms. The van der Waals surface area contributed by atoms with Crippen LogP contribution in [0.15, 0.2) is 42.6 Å². The third-order valence-corrected chi connectivity index (χ3v) is 6.89. The first-order valence-electron chi connectivity index (χ1n) is 13.3. The molecule has 0 radical (unpaired) electrons. The van der Waals surface area contributed by atoms with E-state index in [1.807, 2.05) is 64.3 Å². The van der Waals surface area contributed by atoms with E-state index in [-0.39, 0.29) is 11.9 Å². The first-order valence-corrected chi connectivity index (χ1v) is 13.3. The Morgan fingerprint density at radius 3 is 2.54 bits per heavy atom. The SMILES string of the molecule is CCCCN(CC)CCNc1ccc(C)c(C(=O)NC(C)c2ccc(OC)c(-c3cn(C)nc3C)c2)c1. The van der Waals surface area contributed by atoms with Crippen molar-refractivity contribution < 1.29 is 9.53 Å². The molecule has 7 nitrogen and oxygen atoms in total. The predicted octanol–water partition coefficient (Wildman–Crippen LogP) is 5.74. The number of carbonyl (C=O) groups is 1. The summed E-state index contributed by atoms with van der Waals surface area (Å²) in [6.07, 6.45) is 4.42. The molecule has 0 aliphatic rings. The van der Waals surface area contributed by atoms with Crippen molar-refractivity contribution in [3.63, 3.8) is 0 Å². The van der Waals surface area contributed by atoms with Crippen molar-refractivity contribution in [3.8, 4) is 16.9 Å². The number of aromatic nitrogens is 2. The van der Waals surface area contributed by atoms with Crippen LogP contribution >= 0.6 is 0 Å². The lowest BCUT2D eigenvalue weighted by Crippen LogP contribution is -2.30. The highest BCUT2D eigenvalue weighted by atomic mass is 16.5. The topological polar surface area (TPSA) is 71.4 Å². The van der Waals surface area contributed by atoms with Crippen LogP contribution < -0.4 is 15.4 Å². The lowest BCUT2D eigenvalue weighted by atomic mass is 9.99. The Kier molecular flexibility index (Phi) is 10.1. The number of anilines is 1. The van der Waals surface area contributed by atoms with E-state index in [0.29, 0.717) is 5.56 Å². The van der Waals surface area contributed by atoms with Crippen LogP contribution in [0.4, 0.5) is 5.69 Å². The Morgan fingerprint density at radius 2 is 1.89 bits per heavy atom. The highest BCUT2D eigenvalue weighted by Crippen LogP contribution is 2.34. The largest absolute Gasteiger partial charge is 0.496 e. The molecule has 0 spiro atoms. The number of methoxy groups -OCH3 is 1. The van der Waals surface area contributed by atoms with Crippen molar-refractivity contribution in [2.75, 3.05) is 38.6 Å². The molecule has 0 bridgehead atoms. The van der Waals surface area contributed by atoms with Crippen molar-refractivity contribution in [1.82, 2.24) is 20.0 Å². The van der Waals surface area contributed by atoms with Crippen LogP contribution in [-0.2, 0) is 7.05 Å². The van der Waals surface area contributed by atoms with E-state index in [0.717, 1.165) is 65.6 Å². The minimum atomic E-state index is -0.179. The van der Waals surface area contributed by atoms with Crippen LogP contribution in [0.3, 0.4) is 0 Å². The molecule has 0 aliphatic heterocycles. The first kappa shape index (κ1) is 28.3. The summed E-state index contributed by atoms with van der Waals surface area (Å²) >= 11 is 0. The van der Waals surface area contributed by atoms with E-state index >= 15 is 0 Å². The summed E-state index contributed by atoms with van der Waals surface area (Å²) < 4.78 is 7.42. The number of carbonyl (C=O) groups excluding carboxylic acids is 1. The molecule has 1 unspecified atom stereocenters. The molecule has 0 fully saturated rings. The Labute approximate surface area is 222 Å². The molecule has 0 saturated carbocycles. The zero-order chi connectivity index (χ0) is 26.9. The highest BCUT2D eigenvalue weighted by Gasteiger charge is 2.18. The van der Waals surface area contributed by atoms with Gasteiger partial charge < -0.3 is 20.3 Å². The van der Waals surface area contributed by atoms with Gasteiger partial charge in [-0.25, -0.2) is 0 Å². The molecular weight excluding hydrogens is 462 g/mol. The standard InChI is InChI=1S/C30H43N5O2/c1-8-10-16-35(9-2)17-15-31-25-13-11-21(3)26(19-25)30(36)32-22(4)24-12-14-29(37-7)27(18-24)28-20-34(6)33-23(28)5/h11-14,18-20,22,31H,8-10,15-17H2,1-7H3,(H,32,36). The van der Waals surface area contributed by atoms with Gasteiger partial charge in [0.15, 0.2) is 0 Å². The van der Waals surface area contributed by atoms with Crippen LogP contribution in [-0.4, -0.2) is 53.9 Å². The van der Waals surface area contributed by atoms with Crippen molar-refractivity contribution >= 4 is 11.6 Å². The van der Waals surface area contributed by atoms with Gasteiger partial charge in [-0.1, -0.05) is 32.4 Å². The number of unbranched alkanes of at least 4 members (excludes halogenated alkanes) is 1. The van der Waals surface area contributed by atoms with Gasteiger partial charge in [0.05, 0.1) is 18.8 Å². The van der Waals surface area contributed by atoms with Gasteiger partial charge in [-0.3, -0.25) is 9.48 Å². The normalized spacial score (nSPS) is 12.0. The van der Waals surface area contributed by atoms with E-state index in [1.54, 1.807) is 11.8 Å². The molecule has 1 amide bonds. The number of likely N-dealkylation sites (N-methyl/N-ethyl adjacent to an activating group) is 1. The zero-order valence-electron chi connectivity index (χ0n) is 23.5. The summed E-state index contributed by atoms with van der Waals surface area (Å²) in [4.78, 5) is 15.8. The quantitative estimate of drug-likeness (QED) is 0.310. The molecule has 1 aromatic heterocycles. The molecule has 37 heavy (non-hydrogen) atoms. The van der Waals surface area contributed by atoms with Gasteiger partial charge in [0.1, 0.15) is 5.75 Å². The molecule has 3 rings (SSSR count). The van der Waals surface area contributed by atoms with Crippen LogP contribution in [0.1, 0.15) is 66.8 Å². The summed E-state index contributed by atoms with van der Waals surface area (Å²) in [5.41, 5.74) is 6.53. The molecular formula is C30H43N5O2. The number of nitrogens with one attached hydrogen (secondary N) is 2. The van der Waals surface area contributed by atoms with Crippen LogP contribution in [0.5, 0.6) is 5.75 Å². The number of hydrogen-bond acceptors (Lipinski definition) is 5. The second-order valence-corrected chi connectivity index (χ2v) is 9.70. The van der Waals surface area contributed by atoms with Crippen molar-refractivity contribution in [2.45, 2.75) is 53.5 Å². The summed E-state index contributed by atoms with van der Waals surface area (Å²) in [5.74, 6) is 0.700. The Bertz CT molecular complexity index is 1190. The minimum absolute atomic E-state index is 0.0818. The maximum Gasteiger partial charge on any atom is 0.252 e. The lowest BCUT2D eigenvalue weighted by Gasteiger charge is -2.21. The van der Waals surface area contributed by atoms with Crippen molar-refractivity contribution in [1.29, 1.82) is 0 Å². The molecule has 3 aromatic rings. The molecule has 1 atom stereocenters. The molecule has 2 N–H and O–H groups in total. The maximum atomic E-state index is 13.3. The van der Waals surface area contributed by atoms with Crippen LogP contribution in [0.25, 0.3) is 11.1 Å². The number of nitrogens with zero attached hydrogens (tertiary/aromatic N) is 3. The smallest absolute Gasteiger partial charge is 0.252 e. The zero-order valence-corrected chi connectivity index (χ0v) is 23.5. The van der Waals surface area contributed by atoms with E-state index in [9.17, 15) is 4.79 Å². The first-order chi connectivity index (χ1) is 17.8. The Morgan fingerprint density at radius 1 is 1.11 bits per heavy atom. The fourth-order valence-corrected chi connectivity index (χ4v) is 4.57. The van der Waals surface area contributed by atoms with Gasteiger partial charge >= 0.3 is 0 Å². The minimum Gasteiger partial charge on any atom is -0.496 e. The predicted molar refractivity (Wildman–Crippen MR) is 153 cm³/mol. The van der Waals surface area contributed by atoms with Gasteiger partial charge in [-0.2, -0.15) is 5.10 Å². The number of benzene rings is 2. The molecule has 1 heterocycles. The van der Waals surface area contributed by atoms with Crippen LogP contribution in [0, 0.1) is 13.8 Å². The Balaban J connectivity index is 1.71. The average molecular weight is 506 g/mol. The summed E-state index contributed by atoms with van der Waals surface area (Å²) in [5, 5.41) is 11.2. The van der Waals surface area contributed by atoms with Gasteiger partial charge in [0.25, 0.3) is 5.91 Å².